The number of rotatable bonds is 5. The highest BCUT2D eigenvalue weighted by molar-refractivity contribution is 5.78. The standard InChI is InChI=1S/C20H22F3N5O2/c1-11-17-18(24-15(25-19(17)30)9-10-16(29)27(3)4)28(26-11)12(2)13-5-7-14(8-6-13)20(21,22)23/h5-8,12H,9-10H2,1-4H3,(H,24,25,30). The molecule has 0 radical (unpaired) electrons. The summed E-state index contributed by atoms with van der Waals surface area (Å²) < 4.78 is 40.0. The monoisotopic (exact) mass is 421 g/mol. The third-order valence-corrected chi connectivity index (χ3v) is 4.95. The van der Waals surface area contributed by atoms with Crippen LogP contribution in [0, 0.1) is 6.92 Å². The van der Waals surface area contributed by atoms with Crippen molar-refractivity contribution in [3.05, 3.63) is 57.3 Å². The largest absolute Gasteiger partial charge is 0.416 e. The molecule has 10 heteroatoms. The van der Waals surface area contributed by atoms with E-state index in [4.69, 9.17) is 0 Å². The third kappa shape index (κ3) is 4.22. The van der Waals surface area contributed by atoms with E-state index in [1.165, 1.54) is 21.7 Å². The van der Waals surface area contributed by atoms with Gasteiger partial charge in [0.2, 0.25) is 5.91 Å². The number of amides is 1. The number of hydrogen-bond acceptors (Lipinski definition) is 4. The maximum atomic E-state index is 12.8. The molecule has 0 aliphatic heterocycles. The second kappa shape index (κ2) is 7.92. The minimum atomic E-state index is -4.41. The topological polar surface area (TPSA) is 83.9 Å². The molecule has 3 aromatic rings. The average molecular weight is 421 g/mol. The molecule has 0 aliphatic rings. The molecule has 2 aromatic heterocycles. The summed E-state index contributed by atoms with van der Waals surface area (Å²) in [6.07, 6.45) is -3.98. The lowest BCUT2D eigenvalue weighted by molar-refractivity contribution is -0.137. The van der Waals surface area contributed by atoms with E-state index >= 15 is 0 Å². The van der Waals surface area contributed by atoms with Gasteiger partial charge in [-0.1, -0.05) is 12.1 Å². The van der Waals surface area contributed by atoms with Crippen molar-refractivity contribution in [2.24, 2.45) is 0 Å². The van der Waals surface area contributed by atoms with E-state index in [0.29, 0.717) is 28.1 Å². The molecule has 0 aliphatic carbocycles. The fraction of sp³-hybridized carbons (Fsp3) is 0.400. The van der Waals surface area contributed by atoms with Crippen molar-refractivity contribution < 1.29 is 18.0 Å². The van der Waals surface area contributed by atoms with Crippen molar-refractivity contribution >= 4 is 16.9 Å². The van der Waals surface area contributed by atoms with Gasteiger partial charge < -0.3 is 9.88 Å². The molecule has 1 unspecified atom stereocenters. The summed E-state index contributed by atoms with van der Waals surface area (Å²) in [5, 5.41) is 4.72. The first-order chi connectivity index (χ1) is 14.0. The third-order valence-electron chi connectivity index (χ3n) is 4.95. The predicted molar refractivity (Wildman–Crippen MR) is 105 cm³/mol. The van der Waals surface area contributed by atoms with Crippen LogP contribution in [0.4, 0.5) is 13.2 Å². The first-order valence-corrected chi connectivity index (χ1v) is 9.34. The Hall–Kier alpha value is -3.17. The van der Waals surface area contributed by atoms with E-state index in [2.05, 4.69) is 15.1 Å². The van der Waals surface area contributed by atoms with E-state index in [1.807, 2.05) is 0 Å². The van der Waals surface area contributed by atoms with Gasteiger partial charge in [-0.3, -0.25) is 9.59 Å². The smallest absolute Gasteiger partial charge is 0.349 e. The van der Waals surface area contributed by atoms with Crippen LogP contribution in [0.1, 0.15) is 42.0 Å². The fourth-order valence-corrected chi connectivity index (χ4v) is 3.19. The molecule has 160 valence electrons. The first kappa shape index (κ1) is 21.5. The van der Waals surface area contributed by atoms with Gasteiger partial charge in [0.15, 0.2) is 5.65 Å². The molecule has 7 nitrogen and oxygen atoms in total. The molecule has 3 rings (SSSR count). The fourth-order valence-electron chi connectivity index (χ4n) is 3.19. The molecule has 2 heterocycles. The number of halogens is 3. The van der Waals surface area contributed by atoms with Gasteiger partial charge in [0.05, 0.1) is 17.3 Å². The molecular formula is C20H22F3N5O2. The molecule has 30 heavy (non-hydrogen) atoms. The SMILES string of the molecule is Cc1nn(C(C)c2ccc(C(F)(F)F)cc2)c2nc(CCC(=O)N(C)C)[nH]c(=O)c12. The van der Waals surface area contributed by atoms with Crippen molar-refractivity contribution in [1.82, 2.24) is 24.6 Å². The van der Waals surface area contributed by atoms with Crippen molar-refractivity contribution in [2.45, 2.75) is 38.9 Å². The lowest BCUT2D eigenvalue weighted by atomic mass is 10.1. The summed E-state index contributed by atoms with van der Waals surface area (Å²) in [4.78, 5) is 33.0. The summed E-state index contributed by atoms with van der Waals surface area (Å²) in [6, 6.07) is 4.36. The van der Waals surface area contributed by atoms with Crippen LogP contribution in [0.25, 0.3) is 11.0 Å². The zero-order valence-electron chi connectivity index (χ0n) is 17.0. The Balaban J connectivity index is 1.99. The first-order valence-electron chi connectivity index (χ1n) is 9.34. The van der Waals surface area contributed by atoms with Gasteiger partial charge in [-0.05, 0) is 31.5 Å². The Morgan fingerprint density at radius 1 is 1.23 bits per heavy atom. The van der Waals surface area contributed by atoms with Gasteiger partial charge in [0.25, 0.3) is 5.56 Å². The van der Waals surface area contributed by atoms with Crippen LogP contribution in [0.3, 0.4) is 0 Å². The minimum Gasteiger partial charge on any atom is -0.349 e. The summed E-state index contributed by atoms with van der Waals surface area (Å²) in [5.74, 6) is 0.254. The van der Waals surface area contributed by atoms with Gasteiger partial charge in [0, 0.05) is 26.9 Å². The van der Waals surface area contributed by atoms with Crippen LogP contribution < -0.4 is 5.56 Å². The van der Waals surface area contributed by atoms with E-state index in [1.54, 1.807) is 27.9 Å². The van der Waals surface area contributed by atoms with Crippen LogP contribution in [-0.2, 0) is 17.4 Å². The Morgan fingerprint density at radius 2 is 1.87 bits per heavy atom. The number of benzene rings is 1. The Kier molecular flexibility index (Phi) is 5.69. The van der Waals surface area contributed by atoms with Gasteiger partial charge in [0.1, 0.15) is 11.2 Å². The molecular weight excluding hydrogens is 399 g/mol. The lowest BCUT2D eigenvalue weighted by Crippen LogP contribution is -2.23. The highest BCUT2D eigenvalue weighted by atomic mass is 19.4. The summed E-state index contributed by atoms with van der Waals surface area (Å²) >= 11 is 0. The quantitative estimate of drug-likeness (QED) is 0.686. The second-order valence-corrected chi connectivity index (χ2v) is 7.33. The molecule has 1 atom stereocenters. The lowest BCUT2D eigenvalue weighted by Gasteiger charge is -2.15. The number of aryl methyl sites for hydroxylation is 2. The Labute approximate surface area is 170 Å². The highest BCUT2D eigenvalue weighted by Gasteiger charge is 2.30. The molecule has 0 bridgehead atoms. The number of aromatic amines is 1. The minimum absolute atomic E-state index is 0.0967. The van der Waals surface area contributed by atoms with Gasteiger partial charge in [-0.2, -0.15) is 18.3 Å². The van der Waals surface area contributed by atoms with E-state index < -0.39 is 17.8 Å². The zero-order valence-corrected chi connectivity index (χ0v) is 17.0. The number of carbonyl (C=O) groups is 1. The average Bonchev–Trinajstić information content (AvgIpc) is 3.01. The summed E-state index contributed by atoms with van der Waals surface area (Å²) in [7, 11) is 3.29. The van der Waals surface area contributed by atoms with E-state index in [-0.39, 0.29) is 24.3 Å². The van der Waals surface area contributed by atoms with Crippen molar-refractivity contribution in [3.8, 4) is 0 Å². The van der Waals surface area contributed by atoms with Crippen LogP contribution >= 0.6 is 0 Å². The molecule has 1 aromatic carbocycles. The van der Waals surface area contributed by atoms with Crippen LogP contribution in [0.15, 0.2) is 29.1 Å². The number of carbonyl (C=O) groups excluding carboxylic acids is 1. The summed E-state index contributed by atoms with van der Waals surface area (Å²) in [5.41, 5.74) is 0.293. The molecule has 0 saturated carbocycles. The zero-order chi connectivity index (χ0) is 22.2. The predicted octanol–water partition coefficient (Wildman–Crippen LogP) is 3.08. The normalized spacial score (nSPS) is 12.9. The van der Waals surface area contributed by atoms with Gasteiger partial charge >= 0.3 is 6.18 Å². The number of nitrogens with zero attached hydrogens (tertiary/aromatic N) is 4. The maximum absolute atomic E-state index is 12.8. The number of aromatic nitrogens is 4. The molecule has 0 fully saturated rings. The Bertz CT molecular complexity index is 1130. The van der Waals surface area contributed by atoms with Gasteiger partial charge in [-0.25, -0.2) is 9.67 Å². The van der Waals surface area contributed by atoms with Crippen LogP contribution in [-0.4, -0.2) is 44.7 Å². The number of fused-ring (bicyclic) bond motifs is 1. The van der Waals surface area contributed by atoms with E-state index in [9.17, 15) is 22.8 Å². The molecule has 0 spiro atoms. The Morgan fingerprint density at radius 3 is 2.43 bits per heavy atom. The van der Waals surface area contributed by atoms with Gasteiger partial charge in [-0.15, -0.1) is 0 Å². The number of hydrogen-bond donors (Lipinski definition) is 1. The second-order valence-electron chi connectivity index (χ2n) is 7.33. The molecule has 1 N–H and O–H groups in total. The van der Waals surface area contributed by atoms with E-state index in [0.717, 1.165) is 12.1 Å². The summed E-state index contributed by atoms with van der Waals surface area (Å²) in [6.45, 7) is 3.44. The number of alkyl halides is 3. The maximum Gasteiger partial charge on any atom is 0.416 e. The van der Waals surface area contributed by atoms with Crippen molar-refractivity contribution in [2.75, 3.05) is 14.1 Å². The van der Waals surface area contributed by atoms with Crippen molar-refractivity contribution in [3.63, 3.8) is 0 Å². The highest BCUT2D eigenvalue weighted by Crippen LogP contribution is 2.31. The number of H-pyrrole nitrogens is 1. The number of nitrogens with one attached hydrogen (secondary N) is 1. The van der Waals surface area contributed by atoms with Crippen LogP contribution in [0.5, 0.6) is 0 Å². The molecule has 0 saturated heterocycles. The van der Waals surface area contributed by atoms with Crippen molar-refractivity contribution in [1.29, 1.82) is 0 Å². The molecule has 1 amide bonds. The van der Waals surface area contributed by atoms with Crippen LogP contribution in [0.2, 0.25) is 0 Å².